The lowest BCUT2D eigenvalue weighted by Crippen LogP contribution is -2.27. The molecule has 0 aliphatic rings. The minimum absolute atomic E-state index is 0.141. The molecule has 2 aromatic rings. The molecule has 0 aliphatic carbocycles. The van der Waals surface area contributed by atoms with Gasteiger partial charge < -0.3 is 5.32 Å². The van der Waals surface area contributed by atoms with Gasteiger partial charge in [-0.3, -0.25) is 4.79 Å². The number of amides is 1. The maximum atomic E-state index is 12.3. The average Bonchev–Trinajstić information content (AvgIpc) is 2.46. The fourth-order valence-electron chi connectivity index (χ4n) is 2.19. The van der Waals surface area contributed by atoms with Crippen LogP contribution in [0.25, 0.3) is 0 Å². The highest BCUT2D eigenvalue weighted by Gasteiger charge is 2.14. The number of aryl methyl sites for hydroxylation is 1. The van der Waals surface area contributed by atoms with Crippen LogP contribution in [0, 0.1) is 6.92 Å². The third-order valence-corrected chi connectivity index (χ3v) is 4.67. The first kappa shape index (κ1) is 16.2. The molecule has 1 N–H and O–H groups in total. The van der Waals surface area contributed by atoms with Crippen LogP contribution in [-0.2, 0) is 9.84 Å². The van der Waals surface area contributed by atoms with Crippen LogP contribution in [0.3, 0.4) is 0 Å². The molecule has 0 aliphatic heterocycles. The zero-order valence-corrected chi connectivity index (χ0v) is 13.6. The van der Waals surface area contributed by atoms with Crippen molar-refractivity contribution in [3.63, 3.8) is 0 Å². The third kappa shape index (κ3) is 3.74. The molecule has 0 radical (unpaired) electrons. The van der Waals surface area contributed by atoms with E-state index in [9.17, 15) is 13.2 Å². The van der Waals surface area contributed by atoms with E-state index >= 15 is 0 Å². The van der Waals surface area contributed by atoms with Crippen LogP contribution in [0.2, 0.25) is 0 Å². The van der Waals surface area contributed by atoms with E-state index in [4.69, 9.17) is 0 Å². The predicted molar refractivity (Wildman–Crippen MR) is 86.6 cm³/mol. The number of rotatable bonds is 4. The summed E-state index contributed by atoms with van der Waals surface area (Å²) in [4.78, 5) is 12.5. The lowest BCUT2D eigenvalue weighted by molar-refractivity contribution is 0.0939. The molecule has 0 saturated heterocycles. The summed E-state index contributed by atoms with van der Waals surface area (Å²) in [7, 11) is -3.20. The second kappa shape index (κ2) is 6.32. The van der Waals surface area contributed by atoms with Crippen LogP contribution in [0.1, 0.15) is 34.5 Å². The van der Waals surface area contributed by atoms with Crippen LogP contribution < -0.4 is 5.32 Å². The summed E-state index contributed by atoms with van der Waals surface area (Å²) < 4.78 is 22.9. The van der Waals surface area contributed by atoms with Crippen molar-refractivity contribution < 1.29 is 13.2 Å². The van der Waals surface area contributed by atoms with Gasteiger partial charge in [-0.05, 0) is 43.2 Å². The van der Waals surface area contributed by atoms with Gasteiger partial charge in [0.25, 0.3) is 5.91 Å². The molecule has 0 heterocycles. The first-order valence-electron chi connectivity index (χ1n) is 6.95. The third-order valence-electron chi connectivity index (χ3n) is 3.55. The molecule has 2 rings (SSSR count). The van der Waals surface area contributed by atoms with E-state index < -0.39 is 9.84 Å². The van der Waals surface area contributed by atoms with Crippen LogP contribution in [0.5, 0.6) is 0 Å². The van der Waals surface area contributed by atoms with Gasteiger partial charge in [0.2, 0.25) is 0 Å². The topological polar surface area (TPSA) is 63.2 Å². The highest BCUT2D eigenvalue weighted by Crippen LogP contribution is 2.17. The lowest BCUT2D eigenvalue weighted by atomic mass is 10.1. The number of hydrogen-bond donors (Lipinski definition) is 1. The molecule has 22 heavy (non-hydrogen) atoms. The minimum atomic E-state index is -3.20. The summed E-state index contributed by atoms with van der Waals surface area (Å²) in [6.07, 6.45) is 1.17. The van der Waals surface area contributed by atoms with Gasteiger partial charge in [0.05, 0.1) is 10.9 Å². The van der Waals surface area contributed by atoms with Gasteiger partial charge in [0, 0.05) is 11.8 Å². The normalized spacial score (nSPS) is 12.7. The van der Waals surface area contributed by atoms with Gasteiger partial charge in [-0.1, -0.05) is 30.3 Å². The lowest BCUT2D eigenvalue weighted by Gasteiger charge is -2.15. The molecular weight excluding hydrogens is 298 g/mol. The second-order valence-electron chi connectivity index (χ2n) is 5.35. The smallest absolute Gasteiger partial charge is 0.252 e. The van der Waals surface area contributed by atoms with Crippen LogP contribution in [-0.4, -0.2) is 20.6 Å². The number of hydrogen-bond acceptors (Lipinski definition) is 3. The summed E-state index contributed by atoms with van der Waals surface area (Å²) in [5.74, 6) is -0.141. The molecule has 2 aromatic carbocycles. The second-order valence-corrected chi connectivity index (χ2v) is 7.37. The van der Waals surface area contributed by atoms with E-state index in [0.29, 0.717) is 5.56 Å². The van der Waals surface area contributed by atoms with E-state index in [-0.39, 0.29) is 16.8 Å². The predicted octanol–water partition coefficient (Wildman–Crippen LogP) is 2.89. The Morgan fingerprint density at radius 3 is 2.18 bits per heavy atom. The summed E-state index contributed by atoms with van der Waals surface area (Å²) in [5, 5.41) is 2.92. The van der Waals surface area contributed by atoms with Crippen LogP contribution in [0.15, 0.2) is 53.4 Å². The Hall–Kier alpha value is -2.14. The van der Waals surface area contributed by atoms with Crippen molar-refractivity contribution in [1.29, 1.82) is 0 Å². The molecule has 1 amide bonds. The molecule has 0 bridgehead atoms. The summed E-state index contributed by atoms with van der Waals surface area (Å²) in [6, 6.07) is 13.7. The first-order valence-corrected chi connectivity index (χ1v) is 8.84. The van der Waals surface area contributed by atoms with Crippen molar-refractivity contribution in [1.82, 2.24) is 5.32 Å². The van der Waals surface area contributed by atoms with Gasteiger partial charge in [-0.2, -0.15) is 0 Å². The Bertz CT molecular complexity index is 780. The van der Waals surface area contributed by atoms with Gasteiger partial charge in [-0.25, -0.2) is 8.42 Å². The van der Waals surface area contributed by atoms with Crippen molar-refractivity contribution >= 4 is 15.7 Å². The highest BCUT2D eigenvalue weighted by atomic mass is 32.2. The summed E-state index contributed by atoms with van der Waals surface area (Å²) in [5.41, 5.74) is 2.41. The molecule has 1 atom stereocenters. The Morgan fingerprint density at radius 2 is 1.64 bits per heavy atom. The van der Waals surface area contributed by atoms with Crippen LogP contribution in [0.4, 0.5) is 0 Å². The van der Waals surface area contributed by atoms with Gasteiger partial charge in [-0.15, -0.1) is 0 Å². The van der Waals surface area contributed by atoms with Crippen LogP contribution >= 0.6 is 0 Å². The zero-order chi connectivity index (χ0) is 16.3. The summed E-state index contributed by atoms with van der Waals surface area (Å²) in [6.45, 7) is 3.76. The molecule has 0 fully saturated rings. The molecule has 4 nitrogen and oxygen atoms in total. The van der Waals surface area contributed by atoms with E-state index in [1.165, 1.54) is 6.26 Å². The number of carbonyl (C=O) groups excluding carboxylic acids is 1. The van der Waals surface area contributed by atoms with Gasteiger partial charge >= 0.3 is 0 Å². The largest absolute Gasteiger partial charge is 0.346 e. The molecule has 5 heteroatoms. The molecule has 0 spiro atoms. The molecule has 0 saturated carbocycles. The Balaban J connectivity index is 2.14. The van der Waals surface area contributed by atoms with E-state index in [1.54, 1.807) is 30.3 Å². The fraction of sp³-hybridized carbons (Fsp3) is 0.235. The number of benzene rings is 2. The number of carbonyl (C=O) groups is 1. The molecular formula is C17H19NO3S. The maximum Gasteiger partial charge on any atom is 0.252 e. The Labute approximate surface area is 131 Å². The molecule has 0 unspecified atom stereocenters. The quantitative estimate of drug-likeness (QED) is 0.943. The van der Waals surface area contributed by atoms with E-state index in [0.717, 1.165) is 11.1 Å². The minimum Gasteiger partial charge on any atom is -0.346 e. The zero-order valence-electron chi connectivity index (χ0n) is 12.8. The number of nitrogens with one attached hydrogen (secondary N) is 1. The maximum absolute atomic E-state index is 12.3. The van der Waals surface area contributed by atoms with Crippen molar-refractivity contribution in [2.45, 2.75) is 24.8 Å². The summed E-state index contributed by atoms with van der Waals surface area (Å²) >= 11 is 0. The fourth-order valence-corrected chi connectivity index (χ4v) is 2.82. The van der Waals surface area contributed by atoms with Crippen molar-refractivity contribution in [3.8, 4) is 0 Å². The first-order chi connectivity index (χ1) is 10.3. The molecule has 116 valence electrons. The average molecular weight is 317 g/mol. The van der Waals surface area contributed by atoms with Gasteiger partial charge in [0.1, 0.15) is 0 Å². The Morgan fingerprint density at radius 1 is 1.05 bits per heavy atom. The Kier molecular flexibility index (Phi) is 4.66. The monoisotopic (exact) mass is 317 g/mol. The SMILES string of the molecule is Cc1ccccc1C(=O)N[C@H](C)c1ccc(S(C)(=O)=O)cc1. The molecule has 0 aromatic heterocycles. The van der Waals surface area contributed by atoms with E-state index in [1.807, 2.05) is 32.0 Å². The standard InChI is InChI=1S/C17H19NO3S/c1-12-6-4-5-7-16(12)17(19)18-13(2)14-8-10-15(11-9-14)22(3,20)21/h4-11,13H,1-3H3,(H,18,19)/t13-/m1/s1. The van der Waals surface area contributed by atoms with Gasteiger partial charge in [0.15, 0.2) is 9.84 Å². The van der Waals surface area contributed by atoms with E-state index in [2.05, 4.69) is 5.32 Å². The highest BCUT2D eigenvalue weighted by molar-refractivity contribution is 7.90. The van der Waals surface area contributed by atoms with Crippen molar-refractivity contribution in [2.24, 2.45) is 0 Å². The van der Waals surface area contributed by atoms with Crippen molar-refractivity contribution in [3.05, 3.63) is 65.2 Å². The number of sulfone groups is 1. The van der Waals surface area contributed by atoms with Crippen molar-refractivity contribution in [2.75, 3.05) is 6.26 Å².